The summed E-state index contributed by atoms with van der Waals surface area (Å²) in [5.41, 5.74) is 7.23. The second-order valence-electron chi connectivity index (χ2n) is 2.98. The summed E-state index contributed by atoms with van der Waals surface area (Å²) in [4.78, 5) is 10.8. The van der Waals surface area contributed by atoms with E-state index in [1.165, 1.54) is 7.11 Å². The number of hydrogen-bond acceptors (Lipinski definition) is 4. The lowest BCUT2D eigenvalue weighted by Crippen LogP contribution is -2.10. The molecule has 82 valence electrons. The van der Waals surface area contributed by atoms with Crippen LogP contribution in [0.25, 0.3) is 0 Å². The van der Waals surface area contributed by atoms with E-state index in [9.17, 15) is 4.79 Å². The minimum absolute atomic E-state index is 0.238. The Morgan fingerprint density at radius 2 is 2.33 bits per heavy atom. The number of nitrogen functional groups attached to an aromatic ring is 1. The molecule has 0 unspecified atom stereocenters. The molecule has 0 bridgehead atoms. The molecule has 0 saturated heterocycles. The third-order valence-electron chi connectivity index (χ3n) is 1.89. The quantitative estimate of drug-likeness (QED) is 0.650. The highest BCUT2D eigenvalue weighted by Crippen LogP contribution is 2.22. The Labute approximate surface area is 96.9 Å². The van der Waals surface area contributed by atoms with Crippen molar-refractivity contribution in [3.8, 4) is 0 Å². The summed E-state index contributed by atoms with van der Waals surface area (Å²) < 4.78 is 5.45. The molecule has 0 amide bonds. The van der Waals surface area contributed by atoms with Crippen LogP contribution in [0.5, 0.6) is 0 Å². The number of nitrogens with two attached hydrogens (primary N) is 1. The smallest absolute Gasteiger partial charge is 0.307 e. The fourth-order valence-corrected chi connectivity index (χ4v) is 1.47. The van der Waals surface area contributed by atoms with Gasteiger partial charge in [-0.25, -0.2) is 0 Å². The predicted molar refractivity (Wildman–Crippen MR) is 63.7 cm³/mol. The van der Waals surface area contributed by atoms with Crippen molar-refractivity contribution in [3.05, 3.63) is 22.7 Å². The monoisotopic (exact) mass is 272 g/mol. The number of rotatable bonds is 4. The van der Waals surface area contributed by atoms with E-state index >= 15 is 0 Å². The van der Waals surface area contributed by atoms with E-state index in [0.717, 1.165) is 10.2 Å². The molecule has 0 aromatic heterocycles. The van der Waals surface area contributed by atoms with Crippen LogP contribution in [-0.4, -0.2) is 19.6 Å². The molecule has 1 aromatic rings. The zero-order valence-corrected chi connectivity index (χ0v) is 10.0. The van der Waals surface area contributed by atoms with Gasteiger partial charge in [0.2, 0.25) is 0 Å². The average molecular weight is 273 g/mol. The minimum Gasteiger partial charge on any atom is -0.469 e. The van der Waals surface area contributed by atoms with Crippen LogP contribution in [-0.2, 0) is 9.53 Å². The SMILES string of the molecule is COC(=O)CCNc1ccc(Br)cc1N. The maximum atomic E-state index is 10.8. The zero-order valence-electron chi connectivity index (χ0n) is 8.42. The number of nitrogens with one attached hydrogen (secondary N) is 1. The fourth-order valence-electron chi connectivity index (χ4n) is 1.10. The molecule has 1 rings (SSSR count). The third kappa shape index (κ3) is 3.79. The van der Waals surface area contributed by atoms with Crippen molar-refractivity contribution in [1.82, 2.24) is 0 Å². The van der Waals surface area contributed by atoms with E-state index in [-0.39, 0.29) is 5.97 Å². The maximum Gasteiger partial charge on any atom is 0.307 e. The van der Waals surface area contributed by atoms with Crippen LogP contribution in [0.2, 0.25) is 0 Å². The van der Waals surface area contributed by atoms with Gasteiger partial charge in [-0.1, -0.05) is 15.9 Å². The number of benzene rings is 1. The summed E-state index contributed by atoms with van der Waals surface area (Å²) in [6.45, 7) is 0.512. The summed E-state index contributed by atoms with van der Waals surface area (Å²) in [6.07, 6.45) is 0.325. The first-order valence-electron chi connectivity index (χ1n) is 4.49. The maximum absolute atomic E-state index is 10.8. The van der Waals surface area contributed by atoms with Gasteiger partial charge in [-0.3, -0.25) is 4.79 Å². The van der Waals surface area contributed by atoms with E-state index in [2.05, 4.69) is 26.0 Å². The van der Waals surface area contributed by atoms with Gasteiger partial charge in [0, 0.05) is 11.0 Å². The van der Waals surface area contributed by atoms with Crippen LogP contribution >= 0.6 is 15.9 Å². The van der Waals surface area contributed by atoms with Gasteiger partial charge in [-0.05, 0) is 18.2 Å². The van der Waals surface area contributed by atoms with E-state index in [1.807, 2.05) is 12.1 Å². The number of halogens is 1. The number of esters is 1. The molecular formula is C10H13BrN2O2. The van der Waals surface area contributed by atoms with Crippen LogP contribution in [0.15, 0.2) is 22.7 Å². The van der Waals surface area contributed by atoms with Gasteiger partial charge in [0.25, 0.3) is 0 Å². The Morgan fingerprint density at radius 3 is 2.93 bits per heavy atom. The Hall–Kier alpha value is -1.23. The number of ether oxygens (including phenoxy) is 1. The van der Waals surface area contributed by atoms with Crippen LogP contribution < -0.4 is 11.1 Å². The fraction of sp³-hybridized carbons (Fsp3) is 0.300. The van der Waals surface area contributed by atoms with Crippen molar-refractivity contribution in [2.45, 2.75) is 6.42 Å². The van der Waals surface area contributed by atoms with E-state index < -0.39 is 0 Å². The summed E-state index contributed by atoms with van der Waals surface area (Å²) in [7, 11) is 1.37. The normalized spacial score (nSPS) is 9.73. The zero-order chi connectivity index (χ0) is 11.3. The standard InChI is InChI=1S/C10H13BrN2O2/c1-15-10(14)4-5-13-9-3-2-7(11)6-8(9)12/h2-3,6,13H,4-5,12H2,1H3. The van der Waals surface area contributed by atoms with Crippen LogP contribution in [0, 0.1) is 0 Å². The highest BCUT2D eigenvalue weighted by atomic mass is 79.9. The Morgan fingerprint density at radius 1 is 1.60 bits per heavy atom. The second-order valence-corrected chi connectivity index (χ2v) is 3.90. The topological polar surface area (TPSA) is 64.3 Å². The summed E-state index contributed by atoms with van der Waals surface area (Å²) in [6, 6.07) is 5.55. The number of methoxy groups -OCH3 is 1. The molecule has 0 aliphatic rings. The number of carbonyl (C=O) groups is 1. The molecule has 0 radical (unpaired) electrons. The number of anilines is 2. The van der Waals surface area contributed by atoms with Gasteiger partial charge in [-0.15, -0.1) is 0 Å². The molecule has 0 aliphatic carbocycles. The van der Waals surface area contributed by atoms with Crippen LogP contribution in [0.1, 0.15) is 6.42 Å². The molecule has 0 saturated carbocycles. The van der Waals surface area contributed by atoms with Gasteiger partial charge in [0.15, 0.2) is 0 Å². The number of carbonyl (C=O) groups excluding carboxylic acids is 1. The first kappa shape index (κ1) is 11.8. The predicted octanol–water partition coefficient (Wildman–Crippen LogP) is 2.01. The average Bonchev–Trinajstić information content (AvgIpc) is 2.21. The molecular weight excluding hydrogens is 260 g/mol. The van der Waals surface area contributed by atoms with E-state index in [0.29, 0.717) is 18.7 Å². The molecule has 0 fully saturated rings. The molecule has 15 heavy (non-hydrogen) atoms. The molecule has 0 spiro atoms. The van der Waals surface area contributed by atoms with Gasteiger partial charge >= 0.3 is 5.97 Å². The van der Waals surface area contributed by atoms with E-state index in [4.69, 9.17) is 5.73 Å². The molecule has 0 atom stereocenters. The minimum atomic E-state index is -0.238. The first-order chi connectivity index (χ1) is 7.13. The Bertz CT molecular complexity index is 355. The summed E-state index contributed by atoms with van der Waals surface area (Å²) in [5, 5.41) is 3.06. The summed E-state index contributed by atoms with van der Waals surface area (Å²) in [5.74, 6) is -0.238. The van der Waals surface area contributed by atoms with Crippen molar-refractivity contribution >= 4 is 33.3 Å². The summed E-state index contributed by atoms with van der Waals surface area (Å²) >= 11 is 3.32. The van der Waals surface area contributed by atoms with Crippen molar-refractivity contribution in [2.75, 3.05) is 24.7 Å². The van der Waals surface area contributed by atoms with E-state index in [1.54, 1.807) is 6.07 Å². The highest BCUT2D eigenvalue weighted by molar-refractivity contribution is 9.10. The van der Waals surface area contributed by atoms with Crippen molar-refractivity contribution < 1.29 is 9.53 Å². The number of hydrogen-bond donors (Lipinski definition) is 2. The van der Waals surface area contributed by atoms with Gasteiger partial charge in [0.05, 0.1) is 24.9 Å². The van der Waals surface area contributed by atoms with Gasteiger partial charge in [0.1, 0.15) is 0 Å². The van der Waals surface area contributed by atoms with Gasteiger partial charge < -0.3 is 15.8 Å². The van der Waals surface area contributed by atoms with Gasteiger partial charge in [-0.2, -0.15) is 0 Å². The van der Waals surface area contributed by atoms with Crippen LogP contribution in [0.3, 0.4) is 0 Å². The third-order valence-corrected chi connectivity index (χ3v) is 2.38. The Kier molecular flexibility index (Phi) is 4.42. The second kappa shape index (κ2) is 5.60. The Balaban J connectivity index is 2.47. The van der Waals surface area contributed by atoms with Crippen LogP contribution in [0.4, 0.5) is 11.4 Å². The highest BCUT2D eigenvalue weighted by Gasteiger charge is 2.01. The molecule has 0 heterocycles. The molecule has 5 heteroatoms. The lowest BCUT2D eigenvalue weighted by atomic mass is 10.2. The first-order valence-corrected chi connectivity index (χ1v) is 5.28. The molecule has 1 aromatic carbocycles. The molecule has 4 nitrogen and oxygen atoms in total. The lowest BCUT2D eigenvalue weighted by molar-refractivity contribution is -0.140. The lowest BCUT2D eigenvalue weighted by Gasteiger charge is -2.08. The van der Waals surface area contributed by atoms with Crippen molar-refractivity contribution in [3.63, 3.8) is 0 Å². The van der Waals surface area contributed by atoms with Crippen molar-refractivity contribution in [1.29, 1.82) is 0 Å². The largest absolute Gasteiger partial charge is 0.469 e. The molecule has 3 N–H and O–H groups in total. The molecule has 0 aliphatic heterocycles. The van der Waals surface area contributed by atoms with Crippen molar-refractivity contribution in [2.24, 2.45) is 0 Å².